The molecule has 3 aliphatic rings. The summed E-state index contributed by atoms with van der Waals surface area (Å²) in [6, 6.07) is 16.6. The van der Waals surface area contributed by atoms with Crippen LogP contribution in [0.4, 0.5) is 0 Å². The number of carbonyl (C=O) groups excluding carboxylic acids is 1. The van der Waals surface area contributed by atoms with Crippen molar-refractivity contribution in [3.05, 3.63) is 70.8 Å². The molecule has 0 aromatic heterocycles. The summed E-state index contributed by atoms with van der Waals surface area (Å²) >= 11 is 0. The Hall–Kier alpha value is -2.62. The third kappa shape index (κ3) is 2.13. The highest BCUT2D eigenvalue weighted by Crippen LogP contribution is 2.45. The van der Waals surface area contributed by atoms with Crippen LogP contribution in [0.1, 0.15) is 34.7 Å². The number of oxime groups is 1. The van der Waals surface area contributed by atoms with Gasteiger partial charge in [0, 0.05) is 12.1 Å². The molecule has 4 heteroatoms. The molecule has 25 heavy (non-hydrogen) atoms. The molecule has 0 saturated carbocycles. The predicted octanol–water partition coefficient (Wildman–Crippen LogP) is 3.24. The number of fused-ring (bicyclic) bond motifs is 5. The minimum Gasteiger partial charge on any atom is -0.388 e. The summed E-state index contributed by atoms with van der Waals surface area (Å²) in [5.74, 6) is -0.137. The quantitative estimate of drug-likeness (QED) is 0.804. The molecule has 5 rings (SSSR count). The molecule has 4 nitrogen and oxygen atoms in total. The van der Waals surface area contributed by atoms with Crippen molar-refractivity contribution in [2.24, 2.45) is 11.1 Å². The first-order chi connectivity index (χ1) is 12.2. The molecule has 126 valence electrons. The summed E-state index contributed by atoms with van der Waals surface area (Å²) in [7, 11) is 0. The molecule has 0 aliphatic carbocycles. The largest absolute Gasteiger partial charge is 0.388 e. The van der Waals surface area contributed by atoms with Crippen LogP contribution in [0.3, 0.4) is 0 Å². The van der Waals surface area contributed by atoms with Gasteiger partial charge in [0.1, 0.15) is 11.6 Å². The molecule has 3 heterocycles. The van der Waals surface area contributed by atoms with E-state index in [0.717, 1.165) is 30.7 Å². The zero-order chi connectivity index (χ0) is 17.0. The number of hydrogen-bond acceptors (Lipinski definition) is 3. The topological polar surface area (TPSA) is 41.9 Å². The van der Waals surface area contributed by atoms with Crippen LogP contribution in [-0.2, 0) is 16.1 Å². The van der Waals surface area contributed by atoms with Gasteiger partial charge in [-0.25, -0.2) is 0 Å². The number of rotatable bonds is 1. The van der Waals surface area contributed by atoms with Crippen molar-refractivity contribution in [3.63, 3.8) is 0 Å². The van der Waals surface area contributed by atoms with Crippen molar-refractivity contribution in [1.82, 2.24) is 4.90 Å². The lowest BCUT2D eigenvalue weighted by molar-refractivity contribution is -0.130. The lowest BCUT2D eigenvalue weighted by Gasteiger charge is -2.25. The first kappa shape index (κ1) is 14.7. The van der Waals surface area contributed by atoms with Gasteiger partial charge in [-0.1, -0.05) is 59.3 Å². The fourth-order valence-corrected chi connectivity index (χ4v) is 4.42. The first-order valence-corrected chi connectivity index (χ1v) is 8.93. The summed E-state index contributed by atoms with van der Waals surface area (Å²) in [4.78, 5) is 21.1. The van der Waals surface area contributed by atoms with E-state index in [-0.39, 0.29) is 24.0 Å². The Morgan fingerprint density at radius 3 is 2.76 bits per heavy atom. The van der Waals surface area contributed by atoms with Crippen molar-refractivity contribution in [3.8, 4) is 0 Å². The molecule has 0 unspecified atom stereocenters. The van der Waals surface area contributed by atoms with Crippen LogP contribution >= 0.6 is 0 Å². The molecule has 0 radical (unpaired) electrons. The van der Waals surface area contributed by atoms with Crippen LogP contribution in [0.2, 0.25) is 0 Å². The van der Waals surface area contributed by atoms with E-state index in [4.69, 9.17) is 4.84 Å². The summed E-state index contributed by atoms with van der Waals surface area (Å²) in [6.07, 6.45) is 1.79. The van der Waals surface area contributed by atoms with Crippen molar-refractivity contribution in [2.45, 2.75) is 31.9 Å². The molecule has 1 fully saturated rings. The third-order valence-corrected chi connectivity index (χ3v) is 5.66. The molecule has 3 aliphatic heterocycles. The molecule has 0 bridgehead atoms. The summed E-state index contributed by atoms with van der Waals surface area (Å²) in [5.41, 5.74) is 5.51. The van der Waals surface area contributed by atoms with Crippen LogP contribution in [0.25, 0.3) is 0 Å². The van der Waals surface area contributed by atoms with E-state index in [1.807, 2.05) is 17.0 Å². The second-order valence-electron chi connectivity index (χ2n) is 7.17. The fourth-order valence-electron chi connectivity index (χ4n) is 4.42. The molecule has 0 spiro atoms. The van der Waals surface area contributed by atoms with E-state index in [2.05, 4.69) is 48.5 Å². The zero-order valence-electron chi connectivity index (χ0n) is 14.2. The molecule has 1 amide bonds. The van der Waals surface area contributed by atoms with Gasteiger partial charge >= 0.3 is 0 Å². The molecule has 3 atom stereocenters. The monoisotopic (exact) mass is 332 g/mol. The first-order valence-electron chi connectivity index (χ1n) is 8.93. The molecular formula is C21H20N2O2. The fraction of sp³-hybridized carbons (Fsp3) is 0.333. The molecular weight excluding hydrogens is 312 g/mol. The van der Waals surface area contributed by atoms with Crippen LogP contribution in [0.5, 0.6) is 0 Å². The maximum absolute atomic E-state index is 13.2. The Balaban J connectivity index is 1.56. The van der Waals surface area contributed by atoms with E-state index in [0.29, 0.717) is 0 Å². The molecule has 2 aromatic rings. The Morgan fingerprint density at radius 2 is 1.92 bits per heavy atom. The zero-order valence-corrected chi connectivity index (χ0v) is 14.2. The Kier molecular flexibility index (Phi) is 3.20. The highest BCUT2D eigenvalue weighted by molar-refractivity contribution is 6.15. The molecule has 2 aromatic carbocycles. The van der Waals surface area contributed by atoms with E-state index >= 15 is 0 Å². The summed E-state index contributed by atoms with van der Waals surface area (Å²) < 4.78 is 0. The number of amides is 1. The number of carbonyl (C=O) groups is 1. The normalized spacial score (nSPS) is 27.1. The lowest BCUT2D eigenvalue weighted by atomic mass is 9.88. The van der Waals surface area contributed by atoms with Crippen LogP contribution < -0.4 is 0 Å². The van der Waals surface area contributed by atoms with Gasteiger partial charge in [-0.3, -0.25) is 4.79 Å². The van der Waals surface area contributed by atoms with Gasteiger partial charge in [-0.2, -0.15) is 0 Å². The van der Waals surface area contributed by atoms with E-state index in [1.54, 1.807) is 0 Å². The highest BCUT2D eigenvalue weighted by atomic mass is 16.6. The van der Waals surface area contributed by atoms with Gasteiger partial charge in [0.15, 0.2) is 6.10 Å². The minimum atomic E-state index is -0.293. The van der Waals surface area contributed by atoms with Gasteiger partial charge in [0.25, 0.3) is 0 Å². The standard InChI is InChI=1S/C21H20N2O2/c1-13-8-10-15(11-9-13)18-17-20(25-22-18)19-16-7-3-2-5-14(16)6-4-12-23(19)21(17)24/h2-3,5,7-11,17,19-20H,4,6,12H2,1H3/t17-,19+,20+/m1/s1. The molecule has 0 N–H and O–H groups in total. The number of benzene rings is 2. The van der Waals surface area contributed by atoms with Crippen LogP contribution in [0.15, 0.2) is 53.7 Å². The minimum absolute atomic E-state index is 0.0251. The van der Waals surface area contributed by atoms with Crippen LogP contribution in [-0.4, -0.2) is 29.2 Å². The Labute approximate surface area is 147 Å². The molecule has 1 saturated heterocycles. The van der Waals surface area contributed by atoms with E-state index in [9.17, 15) is 4.79 Å². The third-order valence-electron chi connectivity index (χ3n) is 5.66. The van der Waals surface area contributed by atoms with Crippen molar-refractivity contribution < 1.29 is 9.63 Å². The Morgan fingerprint density at radius 1 is 1.12 bits per heavy atom. The van der Waals surface area contributed by atoms with Gasteiger partial charge < -0.3 is 9.74 Å². The maximum Gasteiger partial charge on any atom is 0.236 e. The van der Waals surface area contributed by atoms with Crippen molar-refractivity contribution in [2.75, 3.05) is 6.54 Å². The average molecular weight is 332 g/mol. The van der Waals surface area contributed by atoms with Gasteiger partial charge in [-0.05, 0) is 30.9 Å². The van der Waals surface area contributed by atoms with Gasteiger partial charge in [0.2, 0.25) is 5.91 Å². The summed E-state index contributed by atoms with van der Waals surface area (Å²) in [5, 5.41) is 4.33. The SMILES string of the molecule is Cc1ccc(C2=NO[C@H]3[C@@H]2C(=O)N2CCCc4ccccc4[C@@H]32)cc1. The number of hydrogen-bond donors (Lipinski definition) is 0. The van der Waals surface area contributed by atoms with Crippen molar-refractivity contribution in [1.29, 1.82) is 0 Å². The second-order valence-corrected chi connectivity index (χ2v) is 7.17. The Bertz CT molecular complexity index is 872. The lowest BCUT2D eigenvalue weighted by Crippen LogP contribution is -2.32. The van der Waals surface area contributed by atoms with E-state index in [1.165, 1.54) is 16.7 Å². The number of aryl methyl sites for hydroxylation is 2. The van der Waals surface area contributed by atoms with Crippen LogP contribution in [0, 0.1) is 12.8 Å². The highest BCUT2D eigenvalue weighted by Gasteiger charge is 2.56. The van der Waals surface area contributed by atoms with E-state index < -0.39 is 0 Å². The van der Waals surface area contributed by atoms with Crippen molar-refractivity contribution >= 4 is 11.6 Å². The van der Waals surface area contributed by atoms with Gasteiger partial charge in [0.05, 0.1) is 6.04 Å². The summed E-state index contributed by atoms with van der Waals surface area (Å²) in [6.45, 7) is 2.84. The predicted molar refractivity (Wildman–Crippen MR) is 95.3 cm³/mol. The average Bonchev–Trinajstić information content (AvgIpc) is 3.09. The maximum atomic E-state index is 13.2. The van der Waals surface area contributed by atoms with Gasteiger partial charge in [-0.15, -0.1) is 0 Å². The smallest absolute Gasteiger partial charge is 0.236 e. The number of nitrogens with zero attached hydrogens (tertiary/aromatic N) is 2. The second kappa shape index (κ2) is 5.45.